The highest BCUT2D eigenvalue weighted by atomic mass is 79.9. The number of hydrogen-bond acceptors (Lipinski definition) is 3. The van der Waals surface area contributed by atoms with Crippen LogP contribution in [0, 0.1) is 6.92 Å². The van der Waals surface area contributed by atoms with E-state index < -0.39 is 0 Å². The van der Waals surface area contributed by atoms with Crippen molar-refractivity contribution < 1.29 is 4.79 Å². The SMILES string of the molecule is Cc1cc(Br)ccc1NC(=O)c1cc(N)cc(N)c1. The van der Waals surface area contributed by atoms with Crippen molar-refractivity contribution in [1.82, 2.24) is 0 Å². The van der Waals surface area contributed by atoms with Crippen molar-refractivity contribution in [2.45, 2.75) is 6.92 Å². The first-order valence-corrected chi connectivity index (χ1v) is 6.48. The Kier molecular flexibility index (Phi) is 3.76. The molecule has 0 aliphatic carbocycles. The van der Waals surface area contributed by atoms with Gasteiger partial charge in [0.15, 0.2) is 0 Å². The molecule has 0 saturated carbocycles. The van der Waals surface area contributed by atoms with Crippen molar-refractivity contribution in [2.75, 3.05) is 16.8 Å². The summed E-state index contributed by atoms with van der Waals surface area (Å²) in [4.78, 5) is 12.1. The Morgan fingerprint density at radius 3 is 2.32 bits per heavy atom. The summed E-state index contributed by atoms with van der Waals surface area (Å²) in [5, 5.41) is 2.84. The lowest BCUT2D eigenvalue weighted by Gasteiger charge is -2.09. The van der Waals surface area contributed by atoms with Crippen molar-refractivity contribution in [1.29, 1.82) is 0 Å². The van der Waals surface area contributed by atoms with Gasteiger partial charge in [0.25, 0.3) is 5.91 Å². The molecule has 0 saturated heterocycles. The number of anilines is 3. The number of benzene rings is 2. The maximum Gasteiger partial charge on any atom is 0.255 e. The van der Waals surface area contributed by atoms with Crippen LogP contribution >= 0.6 is 15.9 Å². The molecule has 19 heavy (non-hydrogen) atoms. The monoisotopic (exact) mass is 319 g/mol. The Hall–Kier alpha value is -2.01. The van der Waals surface area contributed by atoms with Gasteiger partial charge in [-0.1, -0.05) is 15.9 Å². The molecule has 0 aliphatic rings. The standard InChI is InChI=1S/C14H14BrN3O/c1-8-4-10(15)2-3-13(8)18-14(19)9-5-11(16)7-12(17)6-9/h2-7H,16-17H2,1H3,(H,18,19). The molecule has 0 aromatic heterocycles. The molecule has 0 aliphatic heterocycles. The van der Waals surface area contributed by atoms with E-state index in [-0.39, 0.29) is 5.91 Å². The van der Waals surface area contributed by atoms with Crippen molar-refractivity contribution in [3.8, 4) is 0 Å². The molecule has 2 rings (SSSR count). The summed E-state index contributed by atoms with van der Waals surface area (Å²) >= 11 is 3.38. The van der Waals surface area contributed by atoms with Gasteiger partial charge in [-0.3, -0.25) is 4.79 Å². The number of amides is 1. The number of hydrogen-bond donors (Lipinski definition) is 3. The van der Waals surface area contributed by atoms with Crippen LogP contribution in [0.2, 0.25) is 0 Å². The molecule has 98 valence electrons. The fourth-order valence-corrected chi connectivity index (χ4v) is 2.25. The van der Waals surface area contributed by atoms with E-state index in [2.05, 4.69) is 21.2 Å². The van der Waals surface area contributed by atoms with E-state index in [1.54, 1.807) is 18.2 Å². The zero-order valence-electron chi connectivity index (χ0n) is 10.4. The zero-order chi connectivity index (χ0) is 14.0. The first-order chi connectivity index (χ1) is 8.95. The van der Waals surface area contributed by atoms with Gasteiger partial charge in [-0.25, -0.2) is 0 Å². The predicted molar refractivity (Wildman–Crippen MR) is 82.1 cm³/mol. The number of nitrogens with one attached hydrogen (secondary N) is 1. The minimum Gasteiger partial charge on any atom is -0.399 e. The molecule has 0 heterocycles. The van der Waals surface area contributed by atoms with Gasteiger partial charge in [-0.2, -0.15) is 0 Å². The molecule has 0 unspecified atom stereocenters. The second kappa shape index (κ2) is 5.32. The third-order valence-corrected chi connectivity index (χ3v) is 3.17. The zero-order valence-corrected chi connectivity index (χ0v) is 12.0. The summed E-state index contributed by atoms with van der Waals surface area (Å²) in [6, 6.07) is 10.5. The van der Waals surface area contributed by atoms with Gasteiger partial charge in [0.1, 0.15) is 0 Å². The number of nitrogen functional groups attached to an aromatic ring is 2. The van der Waals surface area contributed by atoms with E-state index in [4.69, 9.17) is 11.5 Å². The van der Waals surface area contributed by atoms with E-state index in [1.807, 2.05) is 25.1 Å². The number of halogens is 1. The number of carbonyl (C=O) groups excluding carboxylic acids is 1. The van der Waals surface area contributed by atoms with Gasteiger partial charge >= 0.3 is 0 Å². The molecule has 0 bridgehead atoms. The Labute approximate surface area is 119 Å². The van der Waals surface area contributed by atoms with E-state index in [9.17, 15) is 4.79 Å². The maximum atomic E-state index is 12.1. The number of rotatable bonds is 2. The summed E-state index contributed by atoms with van der Waals surface area (Å²) < 4.78 is 0.969. The first-order valence-electron chi connectivity index (χ1n) is 5.69. The van der Waals surface area contributed by atoms with Crippen molar-refractivity contribution >= 4 is 38.9 Å². The Bertz CT molecular complexity index is 620. The number of aryl methyl sites for hydroxylation is 1. The molecular weight excluding hydrogens is 306 g/mol. The molecule has 4 nitrogen and oxygen atoms in total. The lowest BCUT2D eigenvalue weighted by Crippen LogP contribution is -2.13. The van der Waals surface area contributed by atoms with Crippen LogP contribution in [0.25, 0.3) is 0 Å². The lowest BCUT2D eigenvalue weighted by molar-refractivity contribution is 0.102. The Morgan fingerprint density at radius 1 is 1.11 bits per heavy atom. The highest BCUT2D eigenvalue weighted by Gasteiger charge is 2.09. The van der Waals surface area contributed by atoms with Gasteiger partial charge in [0.05, 0.1) is 0 Å². The van der Waals surface area contributed by atoms with Crippen molar-refractivity contribution in [2.24, 2.45) is 0 Å². The highest BCUT2D eigenvalue weighted by molar-refractivity contribution is 9.10. The first kappa shape index (κ1) is 13.4. The number of carbonyl (C=O) groups is 1. The van der Waals surface area contributed by atoms with Crippen LogP contribution in [0.5, 0.6) is 0 Å². The molecule has 0 spiro atoms. The third-order valence-electron chi connectivity index (χ3n) is 2.68. The van der Waals surface area contributed by atoms with Crippen LogP contribution < -0.4 is 16.8 Å². The van der Waals surface area contributed by atoms with Crippen molar-refractivity contribution in [3.63, 3.8) is 0 Å². The Morgan fingerprint density at radius 2 is 1.74 bits per heavy atom. The summed E-state index contributed by atoms with van der Waals surface area (Å²) in [5.41, 5.74) is 14.5. The lowest BCUT2D eigenvalue weighted by atomic mass is 10.1. The van der Waals surface area contributed by atoms with E-state index in [0.717, 1.165) is 15.7 Å². The molecule has 0 atom stereocenters. The van der Waals surface area contributed by atoms with Crippen LogP contribution in [-0.2, 0) is 0 Å². The molecule has 5 N–H and O–H groups in total. The van der Waals surface area contributed by atoms with Gasteiger partial charge in [-0.15, -0.1) is 0 Å². The van der Waals surface area contributed by atoms with E-state index in [1.165, 1.54) is 0 Å². The summed E-state index contributed by atoms with van der Waals surface area (Å²) in [5.74, 6) is -0.232. The molecule has 1 amide bonds. The average molecular weight is 320 g/mol. The van der Waals surface area contributed by atoms with Gasteiger partial charge in [0.2, 0.25) is 0 Å². The molecule has 0 fully saturated rings. The van der Waals surface area contributed by atoms with E-state index in [0.29, 0.717) is 16.9 Å². The van der Waals surface area contributed by atoms with Crippen LogP contribution in [0.15, 0.2) is 40.9 Å². The van der Waals surface area contributed by atoms with Gasteiger partial charge < -0.3 is 16.8 Å². The fraction of sp³-hybridized carbons (Fsp3) is 0.0714. The molecule has 2 aromatic rings. The predicted octanol–water partition coefficient (Wildman–Crippen LogP) is 3.17. The summed E-state index contributed by atoms with van der Waals surface area (Å²) in [6.07, 6.45) is 0. The largest absolute Gasteiger partial charge is 0.399 e. The van der Waals surface area contributed by atoms with Gasteiger partial charge in [-0.05, 0) is 48.9 Å². The minimum atomic E-state index is -0.232. The highest BCUT2D eigenvalue weighted by Crippen LogP contribution is 2.21. The molecule has 2 aromatic carbocycles. The fourth-order valence-electron chi connectivity index (χ4n) is 1.77. The average Bonchev–Trinajstić information content (AvgIpc) is 2.31. The number of nitrogens with two attached hydrogens (primary N) is 2. The van der Waals surface area contributed by atoms with Crippen LogP contribution in [0.4, 0.5) is 17.1 Å². The second-order valence-corrected chi connectivity index (χ2v) is 5.22. The minimum absolute atomic E-state index is 0.232. The van der Waals surface area contributed by atoms with E-state index >= 15 is 0 Å². The molecule has 0 radical (unpaired) electrons. The topological polar surface area (TPSA) is 81.1 Å². The maximum absolute atomic E-state index is 12.1. The van der Waals surface area contributed by atoms with Crippen LogP contribution in [0.1, 0.15) is 15.9 Å². The summed E-state index contributed by atoms with van der Waals surface area (Å²) in [7, 11) is 0. The van der Waals surface area contributed by atoms with Crippen LogP contribution in [-0.4, -0.2) is 5.91 Å². The molecule has 5 heteroatoms. The normalized spacial score (nSPS) is 10.2. The summed E-state index contributed by atoms with van der Waals surface area (Å²) in [6.45, 7) is 1.92. The van der Waals surface area contributed by atoms with Gasteiger partial charge in [0, 0.05) is 27.1 Å². The third kappa shape index (κ3) is 3.26. The quantitative estimate of drug-likeness (QED) is 0.743. The van der Waals surface area contributed by atoms with Crippen LogP contribution in [0.3, 0.4) is 0 Å². The molecular formula is C14H14BrN3O. The second-order valence-electron chi connectivity index (χ2n) is 4.30. The van der Waals surface area contributed by atoms with Crippen molar-refractivity contribution in [3.05, 3.63) is 52.0 Å². The smallest absolute Gasteiger partial charge is 0.255 e. The Balaban J connectivity index is 2.25.